The Morgan fingerprint density at radius 3 is 2.64 bits per heavy atom. The zero-order chi connectivity index (χ0) is 10.3. The highest BCUT2D eigenvalue weighted by Gasteiger charge is 2.25. The van der Waals surface area contributed by atoms with E-state index in [1.165, 1.54) is 12.1 Å². The molecule has 0 aromatic heterocycles. The lowest BCUT2D eigenvalue weighted by Gasteiger charge is -2.03. The fraction of sp³-hybridized carbons (Fsp3) is 0. The van der Waals surface area contributed by atoms with E-state index in [1.807, 2.05) is 0 Å². The van der Waals surface area contributed by atoms with E-state index in [9.17, 15) is 13.2 Å². The lowest BCUT2D eigenvalue weighted by molar-refractivity contribution is 0.0997. The number of primary amides is 1. The molecule has 0 unspecified atom stereocenters. The Morgan fingerprint density at radius 2 is 2.00 bits per heavy atom. The van der Waals surface area contributed by atoms with Gasteiger partial charge in [-0.25, -0.2) is 8.42 Å². The second kappa shape index (κ2) is 2.68. The Morgan fingerprint density at radius 1 is 1.29 bits per heavy atom. The van der Waals surface area contributed by atoms with Gasteiger partial charge in [0.2, 0.25) is 15.7 Å². The van der Waals surface area contributed by atoms with Crippen LogP contribution in [0.2, 0.25) is 0 Å². The van der Waals surface area contributed by atoms with Crippen molar-refractivity contribution < 1.29 is 13.2 Å². The van der Waals surface area contributed by atoms with Gasteiger partial charge in [0.05, 0.1) is 10.5 Å². The van der Waals surface area contributed by atoms with Crippen LogP contribution in [0.25, 0.3) is 6.08 Å². The number of carbonyl (C=O) groups excluding carboxylic acids is 1. The average molecular weight is 209 g/mol. The number of fused-ring (bicyclic) bond motifs is 1. The number of nitrogens with two attached hydrogens (primary N) is 1. The first kappa shape index (κ1) is 8.96. The Labute approximate surface area is 81.0 Å². The number of rotatable bonds is 1. The van der Waals surface area contributed by atoms with Crippen molar-refractivity contribution >= 4 is 21.8 Å². The first-order valence-electron chi connectivity index (χ1n) is 3.88. The summed E-state index contributed by atoms with van der Waals surface area (Å²) < 4.78 is 23.0. The number of hydrogen-bond donors (Lipinski definition) is 1. The van der Waals surface area contributed by atoms with Crippen LogP contribution in [-0.2, 0) is 9.84 Å². The van der Waals surface area contributed by atoms with Crippen LogP contribution in [-0.4, -0.2) is 14.3 Å². The molecule has 14 heavy (non-hydrogen) atoms. The molecule has 0 radical (unpaired) electrons. The highest BCUT2D eigenvalue weighted by Crippen LogP contribution is 2.29. The van der Waals surface area contributed by atoms with Crippen molar-refractivity contribution in [2.45, 2.75) is 4.90 Å². The van der Waals surface area contributed by atoms with E-state index in [0.29, 0.717) is 5.56 Å². The first-order chi connectivity index (χ1) is 6.52. The third-order valence-corrected chi connectivity index (χ3v) is 3.54. The van der Waals surface area contributed by atoms with Gasteiger partial charge in [-0.3, -0.25) is 4.79 Å². The van der Waals surface area contributed by atoms with Crippen LogP contribution in [0.4, 0.5) is 0 Å². The van der Waals surface area contributed by atoms with E-state index in [1.54, 1.807) is 12.1 Å². The second-order valence-electron chi connectivity index (χ2n) is 2.94. The predicted molar refractivity (Wildman–Crippen MR) is 51.2 cm³/mol. The van der Waals surface area contributed by atoms with Gasteiger partial charge in [-0.1, -0.05) is 12.1 Å². The fourth-order valence-electron chi connectivity index (χ4n) is 1.43. The minimum atomic E-state index is -3.46. The second-order valence-corrected chi connectivity index (χ2v) is 4.71. The van der Waals surface area contributed by atoms with E-state index < -0.39 is 15.7 Å². The van der Waals surface area contributed by atoms with Gasteiger partial charge in [0, 0.05) is 5.41 Å². The van der Waals surface area contributed by atoms with Gasteiger partial charge in [0.1, 0.15) is 0 Å². The summed E-state index contributed by atoms with van der Waals surface area (Å²) in [6.07, 6.45) is 1.46. The molecule has 1 aliphatic rings. The molecule has 0 bridgehead atoms. The normalized spacial score (nSPS) is 16.6. The van der Waals surface area contributed by atoms with E-state index in [-0.39, 0.29) is 10.5 Å². The summed E-state index contributed by atoms with van der Waals surface area (Å²) in [7, 11) is -3.46. The Kier molecular flexibility index (Phi) is 1.72. The van der Waals surface area contributed by atoms with E-state index in [4.69, 9.17) is 5.73 Å². The molecular formula is C9H7NO3S. The molecule has 72 valence electrons. The van der Waals surface area contributed by atoms with Crippen LogP contribution in [0.1, 0.15) is 15.9 Å². The summed E-state index contributed by atoms with van der Waals surface area (Å²) in [6, 6.07) is 4.64. The molecule has 1 heterocycles. The molecule has 5 heteroatoms. The summed E-state index contributed by atoms with van der Waals surface area (Å²) in [5.74, 6) is -0.728. The van der Waals surface area contributed by atoms with E-state index in [2.05, 4.69) is 0 Å². The van der Waals surface area contributed by atoms with Crippen LogP contribution in [0.3, 0.4) is 0 Å². The number of amides is 1. The first-order valence-corrected chi connectivity index (χ1v) is 5.43. The third kappa shape index (κ3) is 1.13. The van der Waals surface area contributed by atoms with Crippen LogP contribution in [0.15, 0.2) is 28.5 Å². The van der Waals surface area contributed by atoms with Gasteiger partial charge < -0.3 is 5.73 Å². The SMILES string of the molecule is NC(=O)c1cccc2c1S(=O)(=O)C=C2. The van der Waals surface area contributed by atoms with Crippen molar-refractivity contribution in [3.63, 3.8) is 0 Å². The van der Waals surface area contributed by atoms with Crippen LogP contribution < -0.4 is 5.73 Å². The van der Waals surface area contributed by atoms with E-state index >= 15 is 0 Å². The van der Waals surface area contributed by atoms with Crippen molar-refractivity contribution in [2.75, 3.05) is 0 Å². The van der Waals surface area contributed by atoms with Gasteiger partial charge in [-0.2, -0.15) is 0 Å². The molecule has 1 aromatic carbocycles. The van der Waals surface area contributed by atoms with Gasteiger partial charge >= 0.3 is 0 Å². The molecule has 1 aromatic rings. The lowest BCUT2D eigenvalue weighted by atomic mass is 10.1. The molecule has 4 nitrogen and oxygen atoms in total. The molecule has 1 aliphatic heterocycles. The molecule has 0 spiro atoms. The zero-order valence-corrected chi connectivity index (χ0v) is 7.91. The molecule has 2 rings (SSSR count). The molecule has 0 fully saturated rings. The van der Waals surface area contributed by atoms with Gasteiger partial charge in [0.25, 0.3) is 0 Å². The molecular weight excluding hydrogens is 202 g/mol. The van der Waals surface area contributed by atoms with Gasteiger partial charge in [-0.15, -0.1) is 0 Å². The smallest absolute Gasteiger partial charge is 0.250 e. The quantitative estimate of drug-likeness (QED) is 0.733. The summed E-state index contributed by atoms with van der Waals surface area (Å²) in [4.78, 5) is 11.0. The molecule has 0 atom stereocenters. The summed E-state index contributed by atoms with van der Waals surface area (Å²) in [5, 5.41) is 1.07. The summed E-state index contributed by atoms with van der Waals surface area (Å²) in [5.41, 5.74) is 5.64. The maximum Gasteiger partial charge on any atom is 0.250 e. The molecule has 0 saturated heterocycles. The third-order valence-electron chi connectivity index (χ3n) is 2.02. The maximum absolute atomic E-state index is 11.5. The maximum atomic E-state index is 11.5. The van der Waals surface area contributed by atoms with E-state index in [0.717, 1.165) is 5.41 Å². The summed E-state index contributed by atoms with van der Waals surface area (Å²) >= 11 is 0. The van der Waals surface area contributed by atoms with Crippen LogP contribution in [0, 0.1) is 0 Å². The van der Waals surface area contributed by atoms with Crippen molar-refractivity contribution in [1.29, 1.82) is 0 Å². The van der Waals surface area contributed by atoms with Crippen molar-refractivity contribution in [1.82, 2.24) is 0 Å². The van der Waals surface area contributed by atoms with Gasteiger partial charge in [0.15, 0.2) is 0 Å². The van der Waals surface area contributed by atoms with Crippen molar-refractivity contribution in [3.8, 4) is 0 Å². The number of hydrogen-bond acceptors (Lipinski definition) is 3. The molecule has 0 saturated carbocycles. The highest BCUT2D eigenvalue weighted by atomic mass is 32.2. The van der Waals surface area contributed by atoms with Crippen LogP contribution >= 0.6 is 0 Å². The Hall–Kier alpha value is -1.62. The molecule has 2 N–H and O–H groups in total. The Balaban J connectivity index is 2.84. The predicted octanol–water partition coefficient (Wildman–Crippen LogP) is 0.544. The largest absolute Gasteiger partial charge is 0.366 e. The minimum absolute atomic E-state index is 0.0208. The number of benzene rings is 1. The zero-order valence-electron chi connectivity index (χ0n) is 7.10. The lowest BCUT2D eigenvalue weighted by Crippen LogP contribution is -2.15. The van der Waals surface area contributed by atoms with Gasteiger partial charge in [-0.05, 0) is 17.7 Å². The fourth-order valence-corrected chi connectivity index (χ4v) is 2.83. The van der Waals surface area contributed by atoms with Crippen LogP contribution in [0.5, 0.6) is 0 Å². The Bertz CT molecular complexity index is 543. The summed E-state index contributed by atoms with van der Waals surface area (Å²) in [6.45, 7) is 0. The van der Waals surface area contributed by atoms with Crippen molar-refractivity contribution in [2.24, 2.45) is 5.73 Å². The molecule has 1 amide bonds. The monoisotopic (exact) mass is 209 g/mol. The molecule has 0 aliphatic carbocycles. The number of sulfone groups is 1. The minimum Gasteiger partial charge on any atom is -0.366 e. The highest BCUT2D eigenvalue weighted by molar-refractivity contribution is 7.95. The standard InChI is InChI=1S/C9H7NO3S/c10-9(11)7-3-1-2-6-4-5-14(12,13)8(6)7/h1-5H,(H2,10,11). The topological polar surface area (TPSA) is 77.2 Å². The number of carbonyl (C=O) groups is 1. The van der Waals surface area contributed by atoms with Crippen molar-refractivity contribution in [3.05, 3.63) is 34.7 Å². The average Bonchev–Trinajstić information content (AvgIpc) is 2.43.